The second kappa shape index (κ2) is 14.1. The third kappa shape index (κ3) is 8.80. The third-order valence-corrected chi connectivity index (χ3v) is 7.75. The number of likely N-dealkylation sites (N-methyl/N-ethyl adjacent to an activating group) is 1. The van der Waals surface area contributed by atoms with Gasteiger partial charge >= 0.3 is 0 Å². The molecule has 0 bridgehead atoms. The highest BCUT2D eigenvalue weighted by molar-refractivity contribution is 7.92. The lowest BCUT2D eigenvalue weighted by Crippen LogP contribution is -2.50. The SMILES string of the molecule is CCNC(=O)[C@@H](Cc1ccccc1)N(Cc1ccccc1Cl)C(=O)CCCN(c1ccc(F)cc1)S(C)(=O)=O. The molecule has 1 atom stereocenters. The Kier molecular flexibility index (Phi) is 10.9. The fourth-order valence-corrected chi connectivity index (χ4v) is 5.43. The van der Waals surface area contributed by atoms with Crippen molar-refractivity contribution in [1.29, 1.82) is 0 Å². The minimum Gasteiger partial charge on any atom is -0.355 e. The smallest absolute Gasteiger partial charge is 0.243 e. The lowest BCUT2D eigenvalue weighted by Gasteiger charge is -2.32. The Labute approximate surface area is 234 Å². The lowest BCUT2D eigenvalue weighted by molar-refractivity contribution is -0.141. The summed E-state index contributed by atoms with van der Waals surface area (Å²) in [5.74, 6) is -1.08. The highest BCUT2D eigenvalue weighted by atomic mass is 35.5. The van der Waals surface area contributed by atoms with Crippen LogP contribution in [0.1, 0.15) is 30.9 Å². The van der Waals surface area contributed by atoms with Gasteiger partial charge in [-0.15, -0.1) is 0 Å². The third-order valence-electron chi connectivity index (χ3n) is 6.19. The van der Waals surface area contributed by atoms with Gasteiger partial charge < -0.3 is 10.2 Å². The van der Waals surface area contributed by atoms with Gasteiger partial charge in [0.2, 0.25) is 21.8 Å². The van der Waals surface area contributed by atoms with E-state index in [-0.39, 0.29) is 37.7 Å². The van der Waals surface area contributed by atoms with Crippen LogP contribution in [0.25, 0.3) is 0 Å². The monoisotopic (exact) mass is 573 g/mol. The van der Waals surface area contributed by atoms with E-state index in [4.69, 9.17) is 11.6 Å². The fourth-order valence-electron chi connectivity index (χ4n) is 4.27. The highest BCUT2D eigenvalue weighted by Gasteiger charge is 2.30. The first-order chi connectivity index (χ1) is 18.6. The van der Waals surface area contributed by atoms with Crippen LogP contribution in [0.15, 0.2) is 78.9 Å². The molecular weight excluding hydrogens is 541 g/mol. The first-order valence-corrected chi connectivity index (χ1v) is 14.9. The number of carbonyl (C=O) groups is 2. The molecule has 3 aromatic carbocycles. The van der Waals surface area contributed by atoms with E-state index in [0.29, 0.717) is 29.2 Å². The van der Waals surface area contributed by atoms with E-state index in [1.807, 2.05) is 43.3 Å². The molecule has 0 heterocycles. The van der Waals surface area contributed by atoms with Gasteiger partial charge in [-0.3, -0.25) is 13.9 Å². The van der Waals surface area contributed by atoms with Gasteiger partial charge in [-0.05, 0) is 54.8 Å². The molecule has 3 rings (SSSR count). The number of hydrogen-bond donors (Lipinski definition) is 1. The van der Waals surface area contributed by atoms with Gasteiger partial charge in [0.1, 0.15) is 11.9 Å². The molecule has 2 amide bonds. The van der Waals surface area contributed by atoms with Crippen molar-refractivity contribution in [1.82, 2.24) is 10.2 Å². The number of sulfonamides is 1. The van der Waals surface area contributed by atoms with Crippen molar-refractivity contribution >= 4 is 39.1 Å². The summed E-state index contributed by atoms with van der Waals surface area (Å²) in [5, 5.41) is 3.31. The average Bonchev–Trinajstić information content (AvgIpc) is 2.90. The van der Waals surface area contributed by atoms with E-state index >= 15 is 0 Å². The first kappa shape index (κ1) is 30.1. The summed E-state index contributed by atoms with van der Waals surface area (Å²) in [5.41, 5.74) is 1.90. The number of hydrogen-bond acceptors (Lipinski definition) is 4. The quantitative estimate of drug-likeness (QED) is 0.318. The molecule has 1 N–H and O–H groups in total. The number of carbonyl (C=O) groups excluding carboxylic acids is 2. The van der Waals surface area contributed by atoms with Crippen LogP contribution >= 0.6 is 11.6 Å². The highest BCUT2D eigenvalue weighted by Crippen LogP contribution is 2.23. The summed E-state index contributed by atoms with van der Waals surface area (Å²) in [7, 11) is -3.68. The summed E-state index contributed by atoms with van der Waals surface area (Å²) in [6, 6.07) is 20.9. The van der Waals surface area contributed by atoms with E-state index in [0.717, 1.165) is 16.1 Å². The summed E-state index contributed by atoms with van der Waals surface area (Å²) in [6.45, 7) is 2.34. The number of anilines is 1. The molecule has 39 heavy (non-hydrogen) atoms. The van der Waals surface area contributed by atoms with Crippen LogP contribution in [0.3, 0.4) is 0 Å². The molecule has 0 aliphatic rings. The van der Waals surface area contributed by atoms with Crippen LogP contribution in [-0.2, 0) is 32.6 Å². The van der Waals surface area contributed by atoms with Gasteiger partial charge in [0.05, 0.1) is 11.9 Å². The Morgan fingerprint density at radius 3 is 2.23 bits per heavy atom. The zero-order chi connectivity index (χ0) is 28.4. The van der Waals surface area contributed by atoms with Crippen LogP contribution in [0, 0.1) is 5.82 Å². The number of nitrogens with one attached hydrogen (secondary N) is 1. The predicted molar refractivity (Wildman–Crippen MR) is 152 cm³/mol. The van der Waals surface area contributed by atoms with Gasteiger partial charge in [0, 0.05) is 37.5 Å². The van der Waals surface area contributed by atoms with E-state index in [1.165, 1.54) is 29.2 Å². The molecule has 0 aliphatic carbocycles. The Balaban J connectivity index is 1.86. The molecule has 0 fully saturated rings. The molecular formula is C29H33ClFN3O4S. The van der Waals surface area contributed by atoms with E-state index in [1.54, 1.807) is 18.2 Å². The average molecular weight is 574 g/mol. The lowest BCUT2D eigenvalue weighted by atomic mass is 10.0. The summed E-state index contributed by atoms with van der Waals surface area (Å²) < 4.78 is 39.4. The molecule has 208 valence electrons. The molecule has 0 aliphatic heterocycles. The van der Waals surface area contributed by atoms with E-state index in [2.05, 4.69) is 5.32 Å². The summed E-state index contributed by atoms with van der Waals surface area (Å²) in [4.78, 5) is 28.5. The van der Waals surface area contributed by atoms with Crippen molar-refractivity contribution in [2.45, 2.75) is 38.8 Å². The number of halogens is 2. The molecule has 0 spiro atoms. The van der Waals surface area contributed by atoms with Crippen molar-refractivity contribution in [2.24, 2.45) is 0 Å². The molecule has 7 nitrogen and oxygen atoms in total. The minimum atomic E-state index is -3.68. The maximum absolute atomic E-state index is 13.7. The van der Waals surface area contributed by atoms with Crippen molar-refractivity contribution in [2.75, 3.05) is 23.7 Å². The number of amides is 2. The normalized spacial score (nSPS) is 12.0. The van der Waals surface area contributed by atoms with Gasteiger partial charge in [0.15, 0.2) is 0 Å². The summed E-state index contributed by atoms with van der Waals surface area (Å²) >= 11 is 6.42. The second-order valence-electron chi connectivity index (χ2n) is 9.13. The Hall–Kier alpha value is -3.43. The van der Waals surface area contributed by atoms with Crippen molar-refractivity contribution < 1.29 is 22.4 Å². The molecule has 0 unspecified atom stereocenters. The maximum atomic E-state index is 13.7. The molecule has 0 radical (unpaired) electrons. The molecule has 3 aromatic rings. The standard InChI is InChI=1S/C29H33ClFN3O4S/c1-3-32-29(36)27(20-22-10-5-4-6-11-22)33(21-23-12-7-8-13-26(23)30)28(35)14-9-19-34(39(2,37)38)25-17-15-24(31)16-18-25/h4-8,10-13,15-18,27H,3,9,14,19-21H2,1-2H3,(H,32,36)/t27-/m1/s1. The van der Waals surface area contributed by atoms with Gasteiger partial charge in [-0.1, -0.05) is 60.1 Å². The zero-order valence-corrected chi connectivity index (χ0v) is 23.6. The van der Waals surface area contributed by atoms with E-state index < -0.39 is 21.9 Å². The molecule has 0 aromatic heterocycles. The van der Waals surface area contributed by atoms with Crippen molar-refractivity contribution in [3.05, 3.63) is 101 Å². The minimum absolute atomic E-state index is 0.0115. The summed E-state index contributed by atoms with van der Waals surface area (Å²) in [6.07, 6.45) is 1.54. The van der Waals surface area contributed by atoms with Crippen LogP contribution in [0.4, 0.5) is 10.1 Å². The molecule has 0 saturated heterocycles. The van der Waals surface area contributed by atoms with Crippen molar-refractivity contribution in [3.63, 3.8) is 0 Å². The number of benzene rings is 3. The topological polar surface area (TPSA) is 86.8 Å². The number of nitrogens with zero attached hydrogens (tertiary/aromatic N) is 2. The maximum Gasteiger partial charge on any atom is 0.243 e. The molecule has 0 saturated carbocycles. The van der Waals surface area contributed by atoms with Gasteiger partial charge in [-0.2, -0.15) is 0 Å². The first-order valence-electron chi connectivity index (χ1n) is 12.7. The number of rotatable bonds is 13. The second-order valence-corrected chi connectivity index (χ2v) is 11.4. The van der Waals surface area contributed by atoms with Crippen LogP contribution < -0.4 is 9.62 Å². The largest absolute Gasteiger partial charge is 0.355 e. The fraction of sp³-hybridized carbons (Fsp3) is 0.310. The van der Waals surface area contributed by atoms with Crippen molar-refractivity contribution in [3.8, 4) is 0 Å². The van der Waals surface area contributed by atoms with Gasteiger partial charge in [-0.25, -0.2) is 12.8 Å². The Morgan fingerprint density at radius 1 is 0.974 bits per heavy atom. The Morgan fingerprint density at radius 2 is 1.62 bits per heavy atom. The van der Waals surface area contributed by atoms with Crippen LogP contribution in [0.5, 0.6) is 0 Å². The Bertz CT molecular complexity index is 1350. The van der Waals surface area contributed by atoms with Gasteiger partial charge in [0.25, 0.3) is 0 Å². The van der Waals surface area contributed by atoms with E-state index in [9.17, 15) is 22.4 Å². The van der Waals surface area contributed by atoms with Crippen LogP contribution in [0.2, 0.25) is 5.02 Å². The zero-order valence-electron chi connectivity index (χ0n) is 22.0. The predicted octanol–water partition coefficient (Wildman–Crippen LogP) is 4.80. The van der Waals surface area contributed by atoms with Crippen LogP contribution in [-0.4, -0.2) is 50.5 Å². The molecule has 10 heteroatoms.